The fourth-order valence-corrected chi connectivity index (χ4v) is 3.19. The van der Waals surface area contributed by atoms with Gasteiger partial charge in [0.2, 0.25) is 5.91 Å². The van der Waals surface area contributed by atoms with Crippen LogP contribution in [0.4, 0.5) is 0 Å². The number of rotatable bonds is 7. The lowest BCUT2D eigenvalue weighted by atomic mass is 9.95. The summed E-state index contributed by atoms with van der Waals surface area (Å²) < 4.78 is 5.80. The second kappa shape index (κ2) is 9.18. The van der Waals surface area contributed by atoms with Gasteiger partial charge in [-0.3, -0.25) is 9.69 Å². The van der Waals surface area contributed by atoms with Crippen molar-refractivity contribution >= 4 is 17.7 Å². The van der Waals surface area contributed by atoms with Crippen molar-refractivity contribution in [1.29, 1.82) is 0 Å². The van der Waals surface area contributed by atoms with E-state index in [1.807, 2.05) is 26.0 Å². The molecule has 128 valence electrons. The topological polar surface area (TPSA) is 41.6 Å². The maximum atomic E-state index is 12.0. The highest BCUT2D eigenvalue weighted by atomic mass is 32.2. The minimum Gasteiger partial charge on any atom is -0.492 e. The SMILES string of the molecule is CSc1ccc(OCCN2CCC(C(=O)NC(C)C)CC2)cc1. The molecular formula is C18H28N2O2S. The summed E-state index contributed by atoms with van der Waals surface area (Å²) in [7, 11) is 0. The van der Waals surface area contributed by atoms with Crippen LogP contribution in [0.15, 0.2) is 29.2 Å². The zero-order chi connectivity index (χ0) is 16.7. The van der Waals surface area contributed by atoms with Crippen molar-refractivity contribution < 1.29 is 9.53 Å². The Bertz CT molecular complexity index is 482. The first kappa shape index (κ1) is 18.1. The number of piperidine rings is 1. The van der Waals surface area contributed by atoms with Gasteiger partial charge in [0.05, 0.1) is 0 Å². The molecule has 1 aromatic carbocycles. The summed E-state index contributed by atoms with van der Waals surface area (Å²) in [4.78, 5) is 15.6. The summed E-state index contributed by atoms with van der Waals surface area (Å²) >= 11 is 1.73. The zero-order valence-corrected chi connectivity index (χ0v) is 15.2. The lowest BCUT2D eigenvalue weighted by Gasteiger charge is -2.31. The number of hydrogen-bond donors (Lipinski definition) is 1. The second-order valence-corrected chi connectivity index (χ2v) is 7.18. The maximum absolute atomic E-state index is 12.0. The average Bonchev–Trinajstić information content (AvgIpc) is 2.55. The van der Waals surface area contributed by atoms with Crippen LogP contribution >= 0.6 is 11.8 Å². The van der Waals surface area contributed by atoms with Crippen molar-refractivity contribution in [2.45, 2.75) is 37.6 Å². The minimum absolute atomic E-state index is 0.175. The van der Waals surface area contributed by atoms with Crippen LogP contribution < -0.4 is 10.1 Å². The van der Waals surface area contributed by atoms with Crippen molar-refractivity contribution in [2.24, 2.45) is 5.92 Å². The van der Waals surface area contributed by atoms with Crippen LogP contribution in [0.1, 0.15) is 26.7 Å². The van der Waals surface area contributed by atoms with Crippen LogP contribution in [0, 0.1) is 5.92 Å². The number of thioether (sulfide) groups is 1. The van der Waals surface area contributed by atoms with Gasteiger partial charge in [-0.2, -0.15) is 0 Å². The predicted octanol–water partition coefficient (Wildman–Crippen LogP) is 3.02. The van der Waals surface area contributed by atoms with Gasteiger partial charge in [-0.1, -0.05) is 0 Å². The van der Waals surface area contributed by atoms with E-state index in [2.05, 4.69) is 28.6 Å². The van der Waals surface area contributed by atoms with E-state index in [1.54, 1.807) is 11.8 Å². The Labute approximate surface area is 144 Å². The molecule has 0 bridgehead atoms. The fourth-order valence-electron chi connectivity index (χ4n) is 2.79. The maximum Gasteiger partial charge on any atom is 0.223 e. The molecule has 5 heteroatoms. The van der Waals surface area contributed by atoms with E-state index >= 15 is 0 Å². The number of ether oxygens (including phenoxy) is 1. The first-order chi connectivity index (χ1) is 11.1. The third-order valence-corrected chi connectivity index (χ3v) is 4.87. The molecule has 1 fully saturated rings. The van der Waals surface area contributed by atoms with Gasteiger partial charge in [0, 0.05) is 23.4 Å². The lowest BCUT2D eigenvalue weighted by molar-refractivity contribution is -0.126. The van der Waals surface area contributed by atoms with Crippen LogP contribution in [0.5, 0.6) is 5.75 Å². The second-order valence-electron chi connectivity index (χ2n) is 6.30. The van der Waals surface area contributed by atoms with Gasteiger partial charge in [0.15, 0.2) is 0 Å². The van der Waals surface area contributed by atoms with E-state index in [-0.39, 0.29) is 17.9 Å². The van der Waals surface area contributed by atoms with E-state index < -0.39 is 0 Å². The Morgan fingerprint density at radius 2 is 1.96 bits per heavy atom. The number of carbonyl (C=O) groups is 1. The molecule has 1 N–H and O–H groups in total. The first-order valence-corrected chi connectivity index (χ1v) is 9.60. The third-order valence-electron chi connectivity index (χ3n) is 4.12. The van der Waals surface area contributed by atoms with E-state index in [9.17, 15) is 4.79 Å². The fraction of sp³-hybridized carbons (Fsp3) is 0.611. The summed E-state index contributed by atoms with van der Waals surface area (Å²) in [6.45, 7) is 7.59. The summed E-state index contributed by atoms with van der Waals surface area (Å²) in [5.74, 6) is 1.31. The third kappa shape index (κ3) is 6.07. The standard InChI is InChI=1S/C18H28N2O2S/c1-14(2)19-18(21)15-8-10-20(11-9-15)12-13-22-16-4-6-17(23-3)7-5-16/h4-7,14-15H,8-13H2,1-3H3,(H,19,21). The van der Waals surface area contributed by atoms with Gasteiger partial charge in [0.25, 0.3) is 0 Å². The predicted molar refractivity (Wildman–Crippen MR) is 96.2 cm³/mol. The van der Waals surface area contributed by atoms with E-state index in [0.29, 0.717) is 6.61 Å². The van der Waals surface area contributed by atoms with Gasteiger partial charge in [0.1, 0.15) is 12.4 Å². The Morgan fingerprint density at radius 1 is 1.30 bits per heavy atom. The number of likely N-dealkylation sites (tertiary alicyclic amines) is 1. The molecule has 0 aliphatic carbocycles. The molecule has 1 saturated heterocycles. The number of carbonyl (C=O) groups excluding carboxylic acids is 1. The smallest absolute Gasteiger partial charge is 0.223 e. The molecule has 2 rings (SSSR count). The number of hydrogen-bond acceptors (Lipinski definition) is 4. The summed E-state index contributed by atoms with van der Waals surface area (Å²) in [5, 5.41) is 3.02. The largest absolute Gasteiger partial charge is 0.492 e. The van der Waals surface area contributed by atoms with Crippen LogP contribution in [0.2, 0.25) is 0 Å². The molecule has 4 nitrogen and oxygen atoms in total. The van der Waals surface area contributed by atoms with E-state index in [0.717, 1.165) is 38.2 Å². The monoisotopic (exact) mass is 336 g/mol. The Hall–Kier alpha value is -1.20. The number of nitrogens with zero attached hydrogens (tertiary/aromatic N) is 1. The highest BCUT2D eigenvalue weighted by Crippen LogP contribution is 2.20. The highest BCUT2D eigenvalue weighted by Gasteiger charge is 2.24. The van der Waals surface area contributed by atoms with Crippen LogP contribution in [0.3, 0.4) is 0 Å². The van der Waals surface area contributed by atoms with Crippen LogP contribution in [-0.2, 0) is 4.79 Å². The van der Waals surface area contributed by atoms with E-state index in [1.165, 1.54) is 4.90 Å². The molecule has 0 atom stereocenters. The summed E-state index contributed by atoms with van der Waals surface area (Å²) in [6, 6.07) is 8.44. The molecule has 1 aromatic rings. The molecule has 1 aliphatic heterocycles. The van der Waals surface area contributed by atoms with Gasteiger partial charge >= 0.3 is 0 Å². The lowest BCUT2D eigenvalue weighted by Crippen LogP contribution is -2.43. The Kier molecular flexibility index (Phi) is 7.24. The van der Waals surface area contributed by atoms with Crippen molar-refractivity contribution in [3.05, 3.63) is 24.3 Å². The Morgan fingerprint density at radius 3 is 2.52 bits per heavy atom. The average molecular weight is 337 g/mol. The minimum atomic E-state index is 0.175. The van der Waals surface area contributed by atoms with Crippen molar-refractivity contribution in [3.8, 4) is 5.75 Å². The van der Waals surface area contributed by atoms with Crippen molar-refractivity contribution in [1.82, 2.24) is 10.2 Å². The van der Waals surface area contributed by atoms with Crippen molar-refractivity contribution in [2.75, 3.05) is 32.5 Å². The van der Waals surface area contributed by atoms with Gasteiger partial charge in [-0.15, -0.1) is 11.8 Å². The summed E-state index contributed by atoms with van der Waals surface area (Å²) in [5.41, 5.74) is 0. The molecule has 0 radical (unpaired) electrons. The van der Waals surface area contributed by atoms with Gasteiger partial charge in [-0.25, -0.2) is 0 Å². The normalized spacial score (nSPS) is 16.5. The molecule has 0 unspecified atom stereocenters. The molecule has 0 saturated carbocycles. The first-order valence-electron chi connectivity index (χ1n) is 8.38. The molecule has 0 spiro atoms. The molecule has 1 heterocycles. The highest BCUT2D eigenvalue weighted by molar-refractivity contribution is 7.98. The zero-order valence-electron chi connectivity index (χ0n) is 14.4. The molecule has 1 amide bonds. The number of nitrogens with one attached hydrogen (secondary N) is 1. The Balaban J connectivity index is 1.65. The van der Waals surface area contributed by atoms with Gasteiger partial charge < -0.3 is 10.1 Å². The molecule has 23 heavy (non-hydrogen) atoms. The molecule has 0 aromatic heterocycles. The molecule has 1 aliphatic rings. The quantitative estimate of drug-likeness (QED) is 0.777. The van der Waals surface area contributed by atoms with Crippen LogP contribution in [0.25, 0.3) is 0 Å². The van der Waals surface area contributed by atoms with Crippen molar-refractivity contribution in [3.63, 3.8) is 0 Å². The van der Waals surface area contributed by atoms with E-state index in [4.69, 9.17) is 4.74 Å². The van der Waals surface area contributed by atoms with Crippen LogP contribution in [-0.4, -0.2) is 49.3 Å². The number of amides is 1. The molecular weight excluding hydrogens is 308 g/mol. The summed E-state index contributed by atoms with van der Waals surface area (Å²) in [6.07, 6.45) is 3.96. The van der Waals surface area contributed by atoms with Gasteiger partial charge in [-0.05, 0) is 70.3 Å². The number of benzene rings is 1.